The first kappa shape index (κ1) is 17.9. The third-order valence-corrected chi connectivity index (χ3v) is 6.82. The van der Waals surface area contributed by atoms with E-state index in [4.69, 9.17) is 0 Å². The molecule has 1 amide bonds. The zero-order valence-electron chi connectivity index (χ0n) is 16.6. The van der Waals surface area contributed by atoms with Gasteiger partial charge >= 0.3 is 5.69 Å². The summed E-state index contributed by atoms with van der Waals surface area (Å²) in [5.41, 5.74) is 1.76. The van der Waals surface area contributed by atoms with Crippen LogP contribution in [0.25, 0.3) is 11.2 Å². The van der Waals surface area contributed by atoms with E-state index in [9.17, 15) is 9.59 Å². The van der Waals surface area contributed by atoms with Crippen molar-refractivity contribution in [3.05, 3.63) is 28.8 Å². The van der Waals surface area contributed by atoms with Gasteiger partial charge in [0.05, 0.1) is 11.6 Å². The summed E-state index contributed by atoms with van der Waals surface area (Å²) in [5, 5.41) is 0. The summed E-state index contributed by atoms with van der Waals surface area (Å²) in [4.78, 5) is 34.5. The Labute approximate surface area is 164 Å². The number of imidazole rings is 1. The highest BCUT2D eigenvalue weighted by Gasteiger charge is 2.43. The monoisotopic (exact) mass is 383 g/mol. The zero-order valence-corrected chi connectivity index (χ0v) is 16.6. The summed E-state index contributed by atoms with van der Waals surface area (Å²) in [5.74, 6) is 0.815. The van der Waals surface area contributed by atoms with Gasteiger partial charge in [0.25, 0.3) is 0 Å². The maximum atomic E-state index is 12.8. The predicted molar refractivity (Wildman–Crippen MR) is 107 cm³/mol. The Hall–Kier alpha value is -2.15. The predicted octanol–water partition coefficient (Wildman–Crippen LogP) is 1.69. The number of carbonyl (C=O) groups excluding carboxylic acids is 1. The highest BCUT2D eigenvalue weighted by Crippen LogP contribution is 2.33. The Morgan fingerprint density at radius 3 is 2.54 bits per heavy atom. The fourth-order valence-corrected chi connectivity index (χ4v) is 5.10. The van der Waals surface area contributed by atoms with Crippen LogP contribution in [0.4, 0.5) is 0 Å². The van der Waals surface area contributed by atoms with Crippen LogP contribution in [-0.2, 0) is 17.9 Å². The molecule has 2 aromatic rings. The lowest BCUT2D eigenvalue weighted by atomic mass is 9.95. The summed E-state index contributed by atoms with van der Waals surface area (Å²) in [6.07, 6.45) is 7.19. The highest BCUT2D eigenvalue weighted by molar-refractivity contribution is 5.84. The number of amides is 1. The second-order valence-electron chi connectivity index (χ2n) is 8.53. The van der Waals surface area contributed by atoms with Crippen molar-refractivity contribution in [3.63, 3.8) is 0 Å². The molecule has 0 aromatic carbocycles. The molecule has 0 bridgehead atoms. The van der Waals surface area contributed by atoms with Gasteiger partial charge in [-0.25, -0.2) is 9.78 Å². The van der Waals surface area contributed by atoms with E-state index < -0.39 is 0 Å². The van der Waals surface area contributed by atoms with Gasteiger partial charge in [0, 0.05) is 31.9 Å². The fourth-order valence-electron chi connectivity index (χ4n) is 5.10. The molecule has 1 unspecified atom stereocenters. The maximum Gasteiger partial charge on any atom is 0.330 e. The molecule has 0 radical (unpaired) electrons. The third-order valence-electron chi connectivity index (χ3n) is 6.82. The Kier molecular flexibility index (Phi) is 4.50. The average molecular weight is 383 g/mol. The molecule has 5 rings (SSSR count). The number of nitrogens with zero attached hydrogens (tertiary/aromatic N) is 5. The molecule has 0 N–H and O–H groups in total. The van der Waals surface area contributed by atoms with Gasteiger partial charge in [0.1, 0.15) is 0 Å². The Morgan fingerprint density at radius 2 is 1.82 bits per heavy atom. The van der Waals surface area contributed by atoms with E-state index >= 15 is 0 Å². The molecule has 7 nitrogen and oxygen atoms in total. The Bertz CT molecular complexity index is 936. The number of piperidine rings is 1. The molecule has 1 aliphatic carbocycles. The lowest BCUT2D eigenvalue weighted by molar-refractivity contribution is -0.133. The molecule has 0 spiro atoms. The number of hydrogen-bond acceptors (Lipinski definition) is 4. The largest absolute Gasteiger partial charge is 0.338 e. The number of fused-ring (bicyclic) bond motifs is 1. The van der Waals surface area contributed by atoms with Gasteiger partial charge in [0.2, 0.25) is 5.91 Å². The molecule has 3 aliphatic rings. The average Bonchev–Trinajstić information content (AvgIpc) is 3.44. The van der Waals surface area contributed by atoms with Gasteiger partial charge in [-0.05, 0) is 70.2 Å². The van der Waals surface area contributed by atoms with Crippen molar-refractivity contribution in [1.29, 1.82) is 0 Å². The first-order chi connectivity index (χ1) is 13.7. The van der Waals surface area contributed by atoms with E-state index in [2.05, 4.69) is 14.8 Å². The minimum Gasteiger partial charge on any atom is -0.338 e. The van der Waals surface area contributed by atoms with Gasteiger partial charge in [0.15, 0.2) is 5.65 Å². The van der Waals surface area contributed by atoms with Crippen LogP contribution in [0.2, 0.25) is 0 Å². The lowest BCUT2D eigenvalue weighted by Gasteiger charge is -2.35. The molecule has 2 aliphatic heterocycles. The molecule has 2 aromatic heterocycles. The minimum atomic E-state index is 0.0460. The van der Waals surface area contributed by atoms with Gasteiger partial charge in [-0.15, -0.1) is 0 Å². The first-order valence-corrected chi connectivity index (χ1v) is 10.8. The Morgan fingerprint density at radius 1 is 1.04 bits per heavy atom. The van der Waals surface area contributed by atoms with Crippen LogP contribution >= 0.6 is 0 Å². The molecule has 1 saturated carbocycles. The SMILES string of the molecule is CCn1c(=O)n(CC2CCN(C3CCN(C4CC4)C3=O)CC2)c2ncccc21. The lowest BCUT2D eigenvalue weighted by Crippen LogP contribution is -2.46. The number of hydrogen-bond donors (Lipinski definition) is 0. The number of likely N-dealkylation sites (tertiary alicyclic amines) is 2. The topological polar surface area (TPSA) is 63.4 Å². The van der Waals surface area contributed by atoms with Crippen molar-refractivity contribution in [2.75, 3.05) is 19.6 Å². The van der Waals surface area contributed by atoms with Crippen LogP contribution in [-0.4, -0.2) is 61.5 Å². The standard InChI is InChI=1S/C21H29N5O2/c1-2-24-17-4-3-10-22-19(17)26(21(24)28)14-15-7-11-23(12-8-15)18-9-13-25(20(18)27)16-5-6-16/h3-4,10,15-16,18H,2,5-9,11-14H2,1H3. The summed E-state index contributed by atoms with van der Waals surface area (Å²) in [7, 11) is 0. The fraction of sp³-hybridized carbons (Fsp3) is 0.667. The minimum absolute atomic E-state index is 0.0460. The number of aryl methyl sites for hydroxylation is 1. The second-order valence-corrected chi connectivity index (χ2v) is 8.53. The summed E-state index contributed by atoms with van der Waals surface area (Å²) >= 11 is 0. The highest BCUT2D eigenvalue weighted by atomic mass is 16.2. The molecule has 4 heterocycles. The Balaban J connectivity index is 1.26. The molecule has 150 valence electrons. The molecule has 3 fully saturated rings. The number of carbonyl (C=O) groups is 1. The van der Waals surface area contributed by atoms with E-state index in [-0.39, 0.29) is 11.7 Å². The maximum absolute atomic E-state index is 12.8. The van der Waals surface area contributed by atoms with E-state index in [1.807, 2.05) is 23.6 Å². The van der Waals surface area contributed by atoms with Gasteiger partial charge < -0.3 is 4.90 Å². The van der Waals surface area contributed by atoms with E-state index in [0.29, 0.717) is 24.4 Å². The zero-order chi connectivity index (χ0) is 19.3. The van der Waals surface area contributed by atoms with Crippen LogP contribution in [0.5, 0.6) is 0 Å². The van der Waals surface area contributed by atoms with Crippen molar-refractivity contribution >= 4 is 17.1 Å². The van der Waals surface area contributed by atoms with E-state index in [1.165, 1.54) is 12.8 Å². The van der Waals surface area contributed by atoms with E-state index in [0.717, 1.165) is 56.6 Å². The molecule has 2 saturated heterocycles. The van der Waals surface area contributed by atoms with Gasteiger partial charge in [-0.3, -0.25) is 18.8 Å². The van der Waals surface area contributed by atoms with Crippen molar-refractivity contribution in [1.82, 2.24) is 23.9 Å². The molecular formula is C21H29N5O2. The van der Waals surface area contributed by atoms with Crippen molar-refractivity contribution in [3.8, 4) is 0 Å². The summed E-state index contributed by atoms with van der Waals surface area (Å²) in [6, 6.07) is 4.49. The van der Waals surface area contributed by atoms with Gasteiger partial charge in [-0.2, -0.15) is 0 Å². The van der Waals surface area contributed by atoms with Crippen molar-refractivity contribution in [2.45, 2.75) is 64.2 Å². The first-order valence-electron chi connectivity index (χ1n) is 10.8. The molecule has 1 atom stereocenters. The number of rotatable bonds is 5. The van der Waals surface area contributed by atoms with E-state index in [1.54, 1.807) is 10.8 Å². The van der Waals surface area contributed by atoms with Crippen molar-refractivity contribution < 1.29 is 4.79 Å². The van der Waals surface area contributed by atoms with Crippen LogP contribution in [0.3, 0.4) is 0 Å². The van der Waals surface area contributed by atoms with Crippen molar-refractivity contribution in [2.24, 2.45) is 5.92 Å². The molecular weight excluding hydrogens is 354 g/mol. The summed E-state index contributed by atoms with van der Waals surface area (Å²) < 4.78 is 3.66. The third kappa shape index (κ3) is 2.96. The number of pyridine rings is 1. The molecule has 7 heteroatoms. The van der Waals surface area contributed by atoms with Crippen LogP contribution in [0, 0.1) is 5.92 Å². The van der Waals surface area contributed by atoms with Crippen LogP contribution in [0.15, 0.2) is 23.1 Å². The second kappa shape index (κ2) is 7.03. The van der Waals surface area contributed by atoms with Gasteiger partial charge in [-0.1, -0.05) is 0 Å². The molecule has 28 heavy (non-hydrogen) atoms. The summed E-state index contributed by atoms with van der Waals surface area (Å²) in [6.45, 7) is 6.22. The smallest absolute Gasteiger partial charge is 0.330 e. The normalized spacial score (nSPS) is 24.5. The quantitative estimate of drug-likeness (QED) is 0.788. The van der Waals surface area contributed by atoms with Crippen LogP contribution < -0.4 is 5.69 Å². The number of aromatic nitrogens is 3. The van der Waals surface area contributed by atoms with Crippen LogP contribution in [0.1, 0.15) is 39.0 Å².